The minimum Gasteiger partial charge on any atom is -0.486 e. The van der Waals surface area contributed by atoms with Crippen LogP contribution in [0.5, 0.6) is 11.5 Å². The van der Waals surface area contributed by atoms with Gasteiger partial charge in [0.25, 0.3) is 5.91 Å². The molecule has 3 aromatic rings. The van der Waals surface area contributed by atoms with E-state index in [1.165, 1.54) is 11.0 Å². The smallest absolute Gasteiger partial charge is 0.313 e. The monoisotopic (exact) mass is 525 g/mol. The topological polar surface area (TPSA) is 76.1 Å². The maximum absolute atomic E-state index is 14.0. The number of carboxylic acids is 1. The third kappa shape index (κ3) is 4.18. The van der Waals surface area contributed by atoms with Crippen molar-refractivity contribution in [2.24, 2.45) is 0 Å². The number of nitrogens with zero attached hydrogens (tertiary/aromatic N) is 1. The zero-order valence-electron chi connectivity index (χ0n) is 20.0. The molecule has 8 heteroatoms. The lowest BCUT2D eigenvalue weighted by molar-refractivity contribution is -0.139. The molecule has 0 saturated carbocycles. The summed E-state index contributed by atoms with van der Waals surface area (Å²) in [6.45, 7) is 6.98. The lowest BCUT2D eigenvalue weighted by Crippen LogP contribution is -2.45. The van der Waals surface area contributed by atoms with Gasteiger partial charge in [-0.1, -0.05) is 62.2 Å². The van der Waals surface area contributed by atoms with Crippen LogP contribution in [0.4, 0.5) is 5.69 Å². The number of benzene rings is 3. The van der Waals surface area contributed by atoms with E-state index in [9.17, 15) is 14.7 Å². The van der Waals surface area contributed by atoms with Gasteiger partial charge in [-0.2, -0.15) is 0 Å². The van der Waals surface area contributed by atoms with Crippen molar-refractivity contribution in [3.05, 3.63) is 86.9 Å². The van der Waals surface area contributed by atoms with Gasteiger partial charge in [0.15, 0.2) is 11.5 Å². The molecule has 0 fully saturated rings. The van der Waals surface area contributed by atoms with E-state index < -0.39 is 17.9 Å². The molecule has 186 valence electrons. The van der Waals surface area contributed by atoms with Crippen LogP contribution in [0.2, 0.25) is 10.0 Å². The fourth-order valence-electron chi connectivity index (χ4n) is 4.95. The molecule has 6 nitrogen and oxygen atoms in total. The van der Waals surface area contributed by atoms with Gasteiger partial charge in [-0.3, -0.25) is 14.5 Å². The molecule has 0 saturated heterocycles. The number of amides is 1. The molecule has 2 atom stereocenters. The van der Waals surface area contributed by atoms with Crippen LogP contribution >= 0.6 is 23.2 Å². The van der Waals surface area contributed by atoms with E-state index in [1.807, 2.05) is 12.1 Å². The maximum Gasteiger partial charge on any atom is 0.313 e. The number of halogens is 2. The van der Waals surface area contributed by atoms with Gasteiger partial charge in [-0.15, -0.1) is 0 Å². The van der Waals surface area contributed by atoms with Crippen LogP contribution in [0.25, 0.3) is 0 Å². The molecule has 0 bridgehead atoms. The third-order valence-electron chi connectivity index (χ3n) is 6.61. The number of aliphatic carboxylic acids is 1. The van der Waals surface area contributed by atoms with Gasteiger partial charge in [0.05, 0.1) is 6.04 Å². The Hall–Kier alpha value is -3.22. The van der Waals surface area contributed by atoms with Gasteiger partial charge in [-0.05, 0) is 58.5 Å². The lowest BCUT2D eigenvalue weighted by Gasteiger charge is -2.41. The summed E-state index contributed by atoms with van der Waals surface area (Å²) in [7, 11) is 0. The molecule has 0 spiro atoms. The molecule has 1 amide bonds. The van der Waals surface area contributed by atoms with Gasteiger partial charge in [0, 0.05) is 21.3 Å². The van der Waals surface area contributed by atoms with Gasteiger partial charge in [0.2, 0.25) is 0 Å². The fourth-order valence-corrected chi connectivity index (χ4v) is 5.58. The standard InChI is InChI=1S/C28H25Cl2NO5/c1-28(2,3)20-8-6-17(14-21(20)30)31-25(15-4-9-22-23(12-15)36-11-10-35-22)24(27(33)34)18-7-5-16(29)13-19(18)26(31)32/h4-9,12-14,24-25H,10-11H2,1-3H3,(H,33,34)/t24-,25+/m1/s1. The SMILES string of the molecule is CC(C)(C)c1ccc(N2C(=O)c3cc(Cl)ccc3[C@@H](C(=O)O)[C@@H]2c2ccc3c(c2)OCCO3)cc1Cl. The molecule has 0 unspecified atom stereocenters. The van der Waals surface area contributed by atoms with Crippen molar-refractivity contribution >= 4 is 40.8 Å². The first-order valence-electron chi connectivity index (χ1n) is 11.6. The van der Waals surface area contributed by atoms with Crippen LogP contribution < -0.4 is 14.4 Å². The molecule has 2 aliphatic rings. The second kappa shape index (κ2) is 9.02. The largest absolute Gasteiger partial charge is 0.486 e. The number of fused-ring (bicyclic) bond motifs is 2. The predicted octanol–water partition coefficient (Wildman–Crippen LogP) is 6.63. The Morgan fingerprint density at radius 1 is 0.972 bits per heavy atom. The normalized spacial score (nSPS) is 19.1. The Morgan fingerprint density at radius 3 is 2.36 bits per heavy atom. The van der Waals surface area contributed by atoms with Crippen LogP contribution in [0, 0.1) is 0 Å². The number of carbonyl (C=O) groups is 2. The summed E-state index contributed by atoms with van der Waals surface area (Å²) in [5, 5.41) is 11.3. The third-order valence-corrected chi connectivity index (χ3v) is 7.15. The Kier molecular flexibility index (Phi) is 6.13. The van der Waals surface area contributed by atoms with Gasteiger partial charge >= 0.3 is 5.97 Å². The second-order valence-corrected chi connectivity index (χ2v) is 10.8. The van der Waals surface area contributed by atoms with E-state index in [-0.39, 0.29) is 16.9 Å². The summed E-state index contributed by atoms with van der Waals surface area (Å²) in [5.41, 5.74) is 2.48. The molecular formula is C28H25Cl2NO5. The number of ether oxygens (including phenoxy) is 2. The van der Waals surface area contributed by atoms with E-state index in [4.69, 9.17) is 32.7 Å². The van der Waals surface area contributed by atoms with E-state index in [1.54, 1.807) is 36.4 Å². The molecule has 2 heterocycles. The molecule has 0 radical (unpaired) electrons. The quantitative estimate of drug-likeness (QED) is 0.415. The summed E-state index contributed by atoms with van der Waals surface area (Å²) in [5.74, 6) is -1.38. The number of carbonyl (C=O) groups excluding carboxylic acids is 1. The van der Waals surface area contributed by atoms with Crippen molar-refractivity contribution in [2.75, 3.05) is 18.1 Å². The van der Waals surface area contributed by atoms with Crippen molar-refractivity contribution in [2.45, 2.75) is 38.1 Å². The highest BCUT2D eigenvalue weighted by atomic mass is 35.5. The van der Waals surface area contributed by atoms with Gasteiger partial charge in [0.1, 0.15) is 19.1 Å². The van der Waals surface area contributed by atoms with Gasteiger partial charge < -0.3 is 14.6 Å². The summed E-state index contributed by atoms with van der Waals surface area (Å²) in [6, 6.07) is 14.6. The average molecular weight is 526 g/mol. The molecule has 5 rings (SSSR count). The number of anilines is 1. The van der Waals surface area contributed by atoms with Crippen molar-refractivity contribution in [1.82, 2.24) is 0 Å². The molecule has 0 aromatic heterocycles. The Bertz CT molecular complexity index is 1380. The van der Waals surface area contributed by atoms with Crippen LogP contribution in [0.3, 0.4) is 0 Å². The average Bonchev–Trinajstić information content (AvgIpc) is 2.82. The Labute approximate surface area is 219 Å². The first kappa shape index (κ1) is 24.5. The van der Waals surface area contributed by atoms with E-state index in [2.05, 4.69) is 20.8 Å². The Morgan fingerprint density at radius 2 is 1.69 bits per heavy atom. The van der Waals surface area contributed by atoms with Crippen molar-refractivity contribution in [3.63, 3.8) is 0 Å². The molecular weight excluding hydrogens is 501 g/mol. The van der Waals surface area contributed by atoms with E-state index >= 15 is 0 Å². The summed E-state index contributed by atoms with van der Waals surface area (Å²) < 4.78 is 11.4. The zero-order chi connectivity index (χ0) is 25.8. The number of hydrogen-bond acceptors (Lipinski definition) is 4. The molecule has 36 heavy (non-hydrogen) atoms. The maximum atomic E-state index is 14.0. The second-order valence-electron chi connectivity index (χ2n) is 9.98. The first-order valence-corrected chi connectivity index (χ1v) is 12.4. The summed E-state index contributed by atoms with van der Waals surface area (Å²) >= 11 is 12.9. The fraction of sp³-hybridized carbons (Fsp3) is 0.286. The van der Waals surface area contributed by atoms with Gasteiger partial charge in [-0.25, -0.2) is 0 Å². The van der Waals surface area contributed by atoms with Crippen LogP contribution in [0.1, 0.15) is 59.8 Å². The molecule has 3 aromatic carbocycles. The van der Waals surface area contributed by atoms with E-state index in [0.717, 1.165) is 5.56 Å². The molecule has 2 aliphatic heterocycles. The lowest BCUT2D eigenvalue weighted by atomic mass is 9.79. The predicted molar refractivity (Wildman–Crippen MR) is 139 cm³/mol. The number of carboxylic acid groups (broad SMARTS) is 1. The first-order chi connectivity index (χ1) is 17.1. The van der Waals surface area contributed by atoms with Crippen LogP contribution in [0.15, 0.2) is 54.6 Å². The molecule has 1 N–H and O–H groups in total. The summed E-state index contributed by atoms with van der Waals surface area (Å²) in [4.78, 5) is 28.2. The highest BCUT2D eigenvalue weighted by Crippen LogP contribution is 2.48. The Balaban J connectivity index is 1.74. The minimum atomic E-state index is -1.06. The van der Waals surface area contributed by atoms with Crippen LogP contribution in [-0.2, 0) is 10.2 Å². The highest BCUT2D eigenvalue weighted by molar-refractivity contribution is 6.32. The molecule has 0 aliphatic carbocycles. The van der Waals surface area contributed by atoms with Crippen molar-refractivity contribution < 1.29 is 24.2 Å². The minimum absolute atomic E-state index is 0.208. The van der Waals surface area contributed by atoms with E-state index in [0.29, 0.717) is 51.6 Å². The number of rotatable bonds is 3. The number of hydrogen-bond donors (Lipinski definition) is 1. The van der Waals surface area contributed by atoms with Crippen LogP contribution in [-0.4, -0.2) is 30.2 Å². The van der Waals surface area contributed by atoms with Crippen molar-refractivity contribution in [3.8, 4) is 11.5 Å². The summed E-state index contributed by atoms with van der Waals surface area (Å²) in [6.07, 6.45) is 0. The van der Waals surface area contributed by atoms with Crippen molar-refractivity contribution in [1.29, 1.82) is 0 Å². The zero-order valence-corrected chi connectivity index (χ0v) is 21.6. The highest BCUT2D eigenvalue weighted by Gasteiger charge is 2.45.